The third-order valence-electron chi connectivity index (χ3n) is 3.67. The number of rotatable bonds is 5. The predicted octanol–water partition coefficient (Wildman–Crippen LogP) is 1.74. The Bertz CT molecular complexity index is 594. The van der Waals surface area contributed by atoms with Gasteiger partial charge in [0.1, 0.15) is 4.99 Å². The van der Waals surface area contributed by atoms with Crippen molar-refractivity contribution in [3.05, 3.63) is 29.8 Å². The number of hydrogen-bond acceptors (Lipinski definition) is 3. The summed E-state index contributed by atoms with van der Waals surface area (Å²) in [6.45, 7) is 1.95. The number of nitrogens with zero attached hydrogens (tertiary/aromatic N) is 1. The van der Waals surface area contributed by atoms with E-state index in [1.807, 2.05) is 6.92 Å². The second-order valence-corrected chi connectivity index (χ2v) is 7.43. The highest BCUT2D eigenvalue weighted by atomic mass is 32.2. The van der Waals surface area contributed by atoms with Crippen LogP contribution in [0.5, 0.6) is 0 Å². The van der Waals surface area contributed by atoms with Gasteiger partial charge >= 0.3 is 0 Å². The molecule has 2 rings (SSSR count). The molecule has 4 nitrogen and oxygen atoms in total. The molecule has 1 aromatic rings. The molecule has 2 N–H and O–H groups in total. The molecule has 0 aromatic heterocycles. The maximum atomic E-state index is 12.5. The second kappa shape index (κ2) is 5.19. The van der Waals surface area contributed by atoms with E-state index in [1.54, 1.807) is 25.2 Å². The van der Waals surface area contributed by atoms with Crippen LogP contribution in [0, 0.1) is 5.92 Å². The second-order valence-electron chi connectivity index (χ2n) is 4.99. The SMILES string of the molecule is CC(C1CC1)N(C)S(=O)(=O)c1cccc(C(N)=S)c1. The highest BCUT2D eigenvalue weighted by Gasteiger charge is 2.36. The molecule has 1 aliphatic rings. The molecular weight excluding hydrogens is 280 g/mol. The first-order valence-electron chi connectivity index (χ1n) is 6.22. The first kappa shape index (κ1) is 14.4. The van der Waals surface area contributed by atoms with E-state index in [-0.39, 0.29) is 15.9 Å². The van der Waals surface area contributed by atoms with Gasteiger partial charge in [-0.05, 0) is 37.8 Å². The standard InChI is InChI=1S/C13H18N2O2S2/c1-9(10-6-7-10)15(2)19(16,17)12-5-3-4-11(8-12)13(14)18/h3-5,8-10H,6-7H2,1-2H3,(H2,14,18). The largest absolute Gasteiger partial charge is 0.389 e. The average Bonchev–Trinajstić information content (AvgIpc) is 3.21. The Hall–Kier alpha value is -0.980. The fourth-order valence-corrected chi connectivity index (χ4v) is 3.67. The van der Waals surface area contributed by atoms with Crippen LogP contribution < -0.4 is 5.73 Å². The molecule has 1 aromatic carbocycles. The molecule has 0 heterocycles. The van der Waals surface area contributed by atoms with Gasteiger partial charge < -0.3 is 5.73 Å². The highest BCUT2D eigenvalue weighted by Crippen LogP contribution is 2.36. The first-order chi connectivity index (χ1) is 8.84. The summed E-state index contributed by atoms with van der Waals surface area (Å²) in [5.74, 6) is 0.485. The van der Waals surface area contributed by atoms with Gasteiger partial charge in [-0.15, -0.1) is 0 Å². The molecular formula is C13H18N2O2S2. The zero-order valence-corrected chi connectivity index (χ0v) is 12.7. The number of sulfonamides is 1. The molecule has 1 fully saturated rings. The number of nitrogens with two attached hydrogens (primary N) is 1. The summed E-state index contributed by atoms with van der Waals surface area (Å²) in [5.41, 5.74) is 6.12. The fourth-order valence-electron chi connectivity index (χ4n) is 2.07. The summed E-state index contributed by atoms with van der Waals surface area (Å²) in [5, 5.41) is 0. The molecule has 6 heteroatoms. The molecule has 0 amide bonds. The third-order valence-corrected chi connectivity index (χ3v) is 5.85. The number of benzene rings is 1. The molecule has 1 aliphatic carbocycles. The topological polar surface area (TPSA) is 63.4 Å². The van der Waals surface area contributed by atoms with Gasteiger partial charge in [0, 0.05) is 18.7 Å². The van der Waals surface area contributed by atoms with Crippen molar-refractivity contribution in [3.8, 4) is 0 Å². The Morgan fingerprint density at radius 3 is 2.63 bits per heavy atom. The molecule has 19 heavy (non-hydrogen) atoms. The minimum Gasteiger partial charge on any atom is -0.389 e. The van der Waals surface area contributed by atoms with Crippen LogP contribution >= 0.6 is 12.2 Å². The normalized spacial score (nSPS) is 17.4. The van der Waals surface area contributed by atoms with E-state index < -0.39 is 10.0 Å². The van der Waals surface area contributed by atoms with Crippen LogP contribution in [0.25, 0.3) is 0 Å². The third kappa shape index (κ3) is 2.96. The Kier molecular flexibility index (Phi) is 3.94. The van der Waals surface area contributed by atoms with Gasteiger partial charge in [-0.3, -0.25) is 0 Å². The van der Waals surface area contributed by atoms with Crippen LogP contribution in [-0.4, -0.2) is 30.8 Å². The molecule has 104 valence electrons. The first-order valence-corrected chi connectivity index (χ1v) is 8.07. The van der Waals surface area contributed by atoms with Gasteiger partial charge in [-0.2, -0.15) is 4.31 Å². The van der Waals surface area contributed by atoms with Crippen molar-refractivity contribution in [1.29, 1.82) is 0 Å². The van der Waals surface area contributed by atoms with E-state index in [0.717, 1.165) is 12.8 Å². The van der Waals surface area contributed by atoms with E-state index in [2.05, 4.69) is 0 Å². The zero-order chi connectivity index (χ0) is 14.2. The van der Waals surface area contributed by atoms with Crippen LogP contribution in [0.2, 0.25) is 0 Å². The molecule has 1 atom stereocenters. The van der Waals surface area contributed by atoms with Crippen molar-refractivity contribution in [2.24, 2.45) is 11.7 Å². The molecule has 0 aliphatic heterocycles. The summed E-state index contributed by atoms with van der Waals surface area (Å²) in [7, 11) is -1.85. The molecule has 1 saturated carbocycles. The smallest absolute Gasteiger partial charge is 0.243 e. The Balaban J connectivity index is 2.33. The van der Waals surface area contributed by atoms with Crippen molar-refractivity contribution in [3.63, 3.8) is 0 Å². The highest BCUT2D eigenvalue weighted by molar-refractivity contribution is 7.89. The molecule has 0 radical (unpaired) electrons. The minimum absolute atomic E-state index is 0.0264. The minimum atomic E-state index is -3.48. The lowest BCUT2D eigenvalue weighted by Gasteiger charge is -2.24. The van der Waals surface area contributed by atoms with Crippen LogP contribution in [0.15, 0.2) is 29.2 Å². The van der Waals surface area contributed by atoms with E-state index in [9.17, 15) is 8.42 Å². The summed E-state index contributed by atoms with van der Waals surface area (Å²) in [4.78, 5) is 0.447. The maximum absolute atomic E-state index is 12.5. The van der Waals surface area contributed by atoms with Gasteiger partial charge in [0.05, 0.1) is 4.90 Å². The monoisotopic (exact) mass is 298 g/mol. The van der Waals surface area contributed by atoms with E-state index in [0.29, 0.717) is 11.5 Å². The fraction of sp³-hybridized carbons (Fsp3) is 0.462. The molecule has 0 spiro atoms. The van der Waals surface area contributed by atoms with Crippen molar-refractivity contribution < 1.29 is 8.42 Å². The summed E-state index contributed by atoms with van der Waals surface area (Å²) in [6, 6.07) is 6.52. The lowest BCUT2D eigenvalue weighted by molar-refractivity contribution is 0.357. The summed E-state index contributed by atoms with van der Waals surface area (Å²) in [6.07, 6.45) is 2.21. The molecule has 0 saturated heterocycles. The number of hydrogen-bond donors (Lipinski definition) is 1. The quantitative estimate of drug-likeness (QED) is 0.841. The van der Waals surface area contributed by atoms with Gasteiger partial charge in [0.25, 0.3) is 0 Å². The van der Waals surface area contributed by atoms with Crippen LogP contribution in [-0.2, 0) is 10.0 Å². The Morgan fingerprint density at radius 2 is 2.11 bits per heavy atom. The van der Waals surface area contributed by atoms with Crippen LogP contribution in [0.1, 0.15) is 25.3 Å². The maximum Gasteiger partial charge on any atom is 0.243 e. The zero-order valence-electron chi connectivity index (χ0n) is 11.0. The average molecular weight is 298 g/mol. The molecule has 0 bridgehead atoms. The Morgan fingerprint density at radius 1 is 1.47 bits per heavy atom. The lowest BCUT2D eigenvalue weighted by Crippen LogP contribution is -2.36. The summed E-state index contributed by atoms with van der Waals surface area (Å²) >= 11 is 4.88. The van der Waals surface area contributed by atoms with Crippen molar-refractivity contribution >= 4 is 27.2 Å². The van der Waals surface area contributed by atoms with Gasteiger partial charge in [0.15, 0.2) is 0 Å². The number of thiocarbonyl (C=S) groups is 1. The van der Waals surface area contributed by atoms with Crippen LogP contribution in [0.4, 0.5) is 0 Å². The van der Waals surface area contributed by atoms with Gasteiger partial charge in [0.2, 0.25) is 10.0 Å². The Labute approximate surface area is 119 Å². The van der Waals surface area contributed by atoms with E-state index in [4.69, 9.17) is 18.0 Å². The predicted molar refractivity (Wildman–Crippen MR) is 79.5 cm³/mol. The van der Waals surface area contributed by atoms with Crippen molar-refractivity contribution in [2.75, 3.05) is 7.05 Å². The van der Waals surface area contributed by atoms with Crippen LogP contribution in [0.3, 0.4) is 0 Å². The molecule has 1 unspecified atom stereocenters. The summed E-state index contributed by atoms with van der Waals surface area (Å²) < 4.78 is 26.5. The van der Waals surface area contributed by atoms with Crippen molar-refractivity contribution in [2.45, 2.75) is 30.7 Å². The van der Waals surface area contributed by atoms with Crippen molar-refractivity contribution in [1.82, 2.24) is 4.31 Å². The van der Waals surface area contributed by atoms with E-state index >= 15 is 0 Å². The van der Waals surface area contributed by atoms with Gasteiger partial charge in [-0.25, -0.2) is 8.42 Å². The van der Waals surface area contributed by atoms with E-state index in [1.165, 1.54) is 10.4 Å². The lowest BCUT2D eigenvalue weighted by atomic mass is 10.2. The van der Waals surface area contributed by atoms with Gasteiger partial charge in [-0.1, -0.05) is 24.4 Å².